The Kier molecular flexibility index (Phi) is 1.50. The minimum absolute atomic E-state index is 0.0417. The topological polar surface area (TPSA) is 29.5 Å². The molecular weight excluding hydrogens is 130 g/mol. The number of rotatable bonds is 0. The van der Waals surface area contributed by atoms with Crippen LogP contribution in [-0.4, -0.2) is 17.0 Å². The molecule has 0 N–H and O–H groups in total. The fourth-order valence-corrected chi connectivity index (χ4v) is 0.463. The van der Waals surface area contributed by atoms with Crippen molar-refractivity contribution in [2.24, 2.45) is 0 Å². The van der Waals surface area contributed by atoms with E-state index in [1.54, 1.807) is 0 Å². The van der Waals surface area contributed by atoms with Crippen molar-refractivity contribution in [3.05, 3.63) is 12.3 Å². The molecule has 1 aliphatic rings. The van der Waals surface area contributed by atoms with Crippen molar-refractivity contribution >= 4 is 17.6 Å². The Labute approximate surface area is 51.5 Å². The predicted octanol–water partition coefficient (Wildman–Crippen LogP) is 0.470. The maximum absolute atomic E-state index is 10.3. The van der Waals surface area contributed by atoms with Crippen LogP contribution in [0, 0.1) is 0 Å². The van der Waals surface area contributed by atoms with Crippen LogP contribution < -0.4 is 0 Å². The number of hydrogen-bond acceptors (Lipinski definition) is 3. The smallest absolute Gasteiger partial charge is 0.185 e. The SMILES string of the molecule is O=C1C=CN(Cl)OC1. The second kappa shape index (κ2) is 2.15. The van der Waals surface area contributed by atoms with Gasteiger partial charge in [0.25, 0.3) is 0 Å². The summed E-state index contributed by atoms with van der Waals surface area (Å²) >= 11 is 5.25. The first kappa shape index (κ1) is 5.59. The van der Waals surface area contributed by atoms with Gasteiger partial charge in [0.2, 0.25) is 0 Å². The Hall–Kier alpha value is -0.540. The molecule has 8 heavy (non-hydrogen) atoms. The highest BCUT2D eigenvalue weighted by atomic mass is 35.5. The molecule has 0 bridgehead atoms. The molecule has 3 nitrogen and oxygen atoms in total. The van der Waals surface area contributed by atoms with Crippen molar-refractivity contribution in [1.82, 2.24) is 4.58 Å². The summed E-state index contributed by atoms with van der Waals surface area (Å²) in [5, 5.41) is 0. The average Bonchev–Trinajstić information content (AvgIpc) is 1.77. The van der Waals surface area contributed by atoms with Gasteiger partial charge in [-0.1, -0.05) is 0 Å². The summed E-state index contributed by atoms with van der Waals surface area (Å²) in [5.41, 5.74) is 0. The molecule has 0 aromatic rings. The highest BCUT2D eigenvalue weighted by molar-refractivity contribution is 6.13. The van der Waals surface area contributed by atoms with Gasteiger partial charge < -0.3 is 0 Å². The van der Waals surface area contributed by atoms with Crippen LogP contribution in [-0.2, 0) is 9.63 Å². The third-order valence-electron chi connectivity index (χ3n) is 0.708. The number of ketones is 1. The maximum atomic E-state index is 10.3. The monoisotopic (exact) mass is 133 g/mol. The molecule has 44 valence electrons. The van der Waals surface area contributed by atoms with Crippen molar-refractivity contribution < 1.29 is 9.63 Å². The number of halogens is 1. The highest BCUT2D eigenvalue weighted by Gasteiger charge is 2.05. The average molecular weight is 134 g/mol. The molecule has 4 heteroatoms. The third kappa shape index (κ3) is 1.21. The molecule has 1 rings (SSSR count). The van der Waals surface area contributed by atoms with Gasteiger partial charge in [0, 0.05) is 17.9 Å². The summed E-state index contributed by atoms with van der Waals surface area (Å²) in [5.74, 6) is -0.0677. The lowest BCUT2D eigenvalue weighted by Gasteiger charge is -2.11. The Balaban J connectivity index is 2.55. The Bertz CT molecular complexity index is 134. The van der Waals surface area contributed by atoms with Gasteiger partial charge in [-0.25, -0.2) is 4.84 Å². The highest BCUT2D eigenvalue weighted by Crippen LogP contribution is 2.01. The fraction of sp³-hybridized carbons (Fsp3) is 0.250. The molecule has 0 aromatic heterocycles. The Morgan fingerprint density at radius 2 is 2.62 bits per heavy atom. The summed E-state index contributed by atoms with van der Waals surface area (Å²) in [7, 11) is 0. The molecule has 0 aliphatic carbocycles. The molecular formula is C4H4ClNO2. The van der Waals surface area contributed by atoms with Crippen LogP contribution in [0.25, 0.3) is 0 Å². The molecule has 0 atom stereocenters. The minimum Gasteiger partial charge on any atom is -0.292 e. The lowest BCUT2D eigenvalue weighted by Crippen LogP contribution is -2.18. The molecule has 0 aromatic carbocycles. The Morgan fingerprint density at radius 3 is 3.00 bits per heavy atom. The van der Waals surface area contributed by atoms with Crippen molar-refractivity contribution in [3.63, 3.8) is 0 Å². The number of carbonyl (C=O) groups is 1. The summed E-state index contributed by atoms with van der Waals surface area (Å²) in [6, 6.07) is 0. The summed E-state index contributed by atoms with van der Waals surface area (Å²) < 4.78 is 0.974. The van der Waals surface area contributed by atoms with E-state index in [1.807, 2.05) is 0 Å². The Morgan fingerprint density at radius 1 is 1.88 bits per heavy atom. The van der Waals surface area contributed by atoms with E-state index in [9.17, 15) is 4.79 Å². The van der Waals surface area contributed by atoms with E-state index in [2.05, 4.69) is 4.84 Å². The summed E-state index contributed by atoms with van der Waals surface area (Å²) in [6.07, 6.45) is 2.71. The molecule has 0 fully saturated rings. The maximum Gasteiger partial charge on any atom is 0.185 e. The summed E-state index contributed by atoms with van der Waals surface area (Å²) in [6.45, 7) is 0.0417. The van der Waals surface area contributed by atoms with Crippen molar-refractivity contribution in [3.8, 4) is 0 Å². The predicted molar refractivity (Wildman–Crippen MR) is 27.8 cm³/mol. The van der Waals surface area contributed by atoms with Gasteiger partial charge >= 0.3 is 0 Å². The van der Waals surface area contributed by atoms with Crippen LogP contribution in [0.1, 0.15) is 0 Å². The number of nitrogens with zero attached hydrogens (tertiary/aromatic N) is 1. The van der Waals surface area contributed by atoms with Crippen LogP contribution in [0.15, 0.2) is 12.3 Å². The van der Waals surface area contributed by atoms with E-state index in [1.165, 1.54) is 12.3 Å². The first-order valence-corrected chi connectivity index (χ1v) is 2.42. The van der Waals surface area contributed by atoms with Crippen molar-refractivity contribution in [2.45, 2.75) is 0 Å². The molecule has 0 saturated carbocycles. The largest absolute Gasteiger partial charge is 0.292 e. The number of carbonyl (C=O) groups excluding carboxylic acids is 1. The fourth-order valence-electron chi connectivity index (χ4n) is 0.358. The first-order valence-electron chi connectivity index (χ1n) is 2.08. The van der Waals surface area contributed by atoms with Gasteiger partial charge in [0.1, 0.15) is 6.61 Å². The van der Waals surface area contributed by atoms with Crippen LogP contribution >= 0.6 is 11.8 Å². The van der Waals surface area contributed by atoms with Gasteiger partial charge in [-0.05, 0) is 0 Å². The van der Waals surface area contributed by atoms with Crippen LogP contribution in [0.3, 0.4) is 0 Å². The van der Waals surface area contributed by atoms with E-state index in [0.29, 0.717) is 0 Å². The van der Waals surface area contributed by atoms with Gasteiger partial charge in [0.05, 0.1) is 6.20 Å². The van der Waals surface area contributed by atoms with E-state index in [-0.39, 0.29) is 12.4 Å². The number of hydroxylamine groups is 1. The van der Waals surface area contributed by atoms with Crippen LogP contribution in [0.4, 0.5) is 0 Å². The normalized spacial score (nSPS) is 19.6. The van der Waals surface area contributed by atoms with Crippen LogP contribution in [0.2, 0.25) is 0 Å². The zero-order valence-corrected chi connectivity index (χ0v) is 4.76. The van der Waals surface area contributed by atoms with Crippen molar-refractivity contribution in [2.75, 3.05) is 6.61 Å². The molecule has 0 amide bonds. The second-order valence-corrected chi connectivity index (χ2v) is 1.66. The first-order chi connectivity index (χ1) is 3.79. The quantitative estimate of drug-likeness (QED) is 0.450. The van der Waals surface area contributed by atoms with Crippen molar-refractivity contribution in [1.29, 1.82) is 0 Å². The second-order valence-electron chi connectivity index (χ2n) is 1.33. The molecule has 1 aliphatic heterocycles. The molecule has 1 heterocycles. The standard InChI is InChI=1S/C4H4ClNO2/c5-6-2-1-4(7)3-8-6/h1-2H,3H2. The summed E-state index contributed by atoms with van der Waals surface area (Å²) in [4.78, 5) is 14.9. The minimum atomic E-state index is -0.0677. The van der Waals surface area contributed by atoms with Gasteiger partial charge in [0.15, 0.2) is 5.78 Å². The van der Waals surface area contributed by atoms with E-state index < -0.39 is 0 Å². The zero-order chi connectivity index (χ0) is 5.98. The zero-order valence-electron chi connectivity index (χ0n) is 4.00. The van der Waals surface area contributed by atoms with E-state index in [0.717, 1.165) is 4.58 Å². The lowest BCUT2D eigenvalue weighted by atomic mass is 10.4. The van der Waals surface area contributed by atoms with Crippen LogP contribution in [0.5, 0.6) is 0 Å². The molecule has 0 spiro atoms. The van der Waals surface area contributed by atoms with E-state index >= 15 is 0 Å². The van der Waals surface area contributed by atoms with Gasteiger partial charge in [-0.2, -0.15) is 4.58 Å². The third-order valence-corrected chi connectivity index (χ3v) is 0.918. The van der Waals surface area contributed by atoms with Gasteiger partial charge in [-0.3, -0.25) is 4.79 Å². The van der Waals surface area contributed by atoms with E-state index in [4.69, 9.17) is 11.8 Å². The molecule has 0 unspecified atom stereocenters. The molecule has 0 radical (unpaired) electrons. The number of hydrogen-bond donors (Lipinski definition) is 0. The lowest BCUT2D eigenvalue weighted by molar-refractivity contribution is -0.131. The molecule has 0 saturated heterocycles. The van der Waals surface area contributed by atoms with Gasteiger partial charge in [-0.15, -0.1) is 0 Å².